The number of aromatic nitrogens is 3. The number of halogens is 1. The van der Waals surface area contributed by atoms with E-state index in [0.717, 1.165) is 18.8 Å². The number of likely N-dealkylation sites (tertiary alicyclic amines) is 1. The number of benzene rings is 1. The van der Waals surface area contributed by atoms with Crippen molar-refractivity contribution < 1.29 is 4.79 Å². The van der Waals surface area contributed by atoms with Crippen LogP contribution in [-0.2, 0) is 4.79 Å². The summed E-state index contributed by atoms with van der Waals surface area (Å²) in [6.45, 7) is 6.12. The summed E-state index contributed by atoms with van der Waals surface area (Å²) in [7, 11) is 0. The zero-order chi connectivity index (χ0) is 17.1. The minimum absolute atomic E-state index is 0.166. The Morgan fingerprint density at radius 1 is 1.33 bits per heavy atom. The molecule has 5 nitrogen and oxygen atoms in total. The summed E-state index contributed by atoms with van der Waals surface area (Å²) < 4.78 is 1.85. The van der Waals surface area contributed by atoms with Gasteiger partial charge in [-0.25, -0.2) is 0 Å². The summed E-state index contributed by atoms with van der Waals surface area (Å²) in [5, 5.41) is 9.45. The summed E-state index contributed by atoms with van der Waals surface area (Å²) in [6.07, 6.45) is 2.84. The molecule has 128 valence electrons. The summed E-state index contributed by atoms with van der Waals surface area (Å²) in [5.41, 5.74) is 0.891. The molecule has 0 unspecified atom stereocenters. The second kappa shape index (κ2) is 7.57. The number of hydrogen-bond acceptors (Lipinski definition) is 4. The Kier molecular flexibility index (Phi) is 5.46. The van der Waals surface area contributed by atoms with Crippen LogP contribution in [0.4, 0.5) is 0 Å². The van der Waals surface area contributed by atoms with Crippen LogP contribution in [0.2, 0.25) is 5.02 Å². The maximum Gasteiger partial charge on any atom is 0.233 e. The third-order valence-corrected chi connectivity index (χ3v) is 5.31. The molecule has 0 bridgehead atoms. The van der Waals surface area contributed by atoms with Crippen molar-refractivity contribution in [3.63, 3.8) is 0 Å². The van der Waals surface area contributed by atoms with Crippen LogP contribution in [0.25, 0.3) is 5.69 Å². The molecule has 2 atom stereocenters. The Morgan fingerprint density at radius 2 is 2.08 bits per heavy atom. The molecule has 1 fully saturated rings. The van der Waals surface area contributed by atoms with Crippen molar-refractivity contribution in [1.82, 2.24) is 19.7 Å². The third kappa shape index (κ3) is 4.11. The Labute approximate surface area is 151 Å². The average molecular weight is 365 g/mol. The lowest BCUT2D eigenvalue weighted by molar-refractivity contribution is -0.130. The second-order valence-electron chi connectivity index (χ2n) is 6.50. The van der Waals surface area contributed by atoms with Gasteiger partial charge in [-0.05, 0) is 36.5 Å². The zero-order valence-electron chi connectivity index (χ0n) is 13.9. The highest BCUT2D eigenvalue weighted by Crippen LogP contribution is 2.24. The fraction of sp³-hybridized carbons (Fsp3) is 0.471. The van der Waals surface area contributed by atoms with Gasteiger partial charge in [-0.1, -0.05) is 43.3 Å². The highest BCUT2D eigenvalue weighted by atomic mass is 35.5. The van der Waals surface area contributed by atoms with Gasteiger partial charge in [0.25, 0.3) is 0 Å². The lowest BCUT2D eigenvalue weighted by Crippen LogP contribution is -2.43. The molecule has 0 radical (unpaired) electrons. The molecule has 0 aliphatic carbocycles. The molecule has 1 aliphatic heterocycles. The molecule has 24 heavy (non-hydrogen) atoms. The van der Waals surface area contributed by atoms with Crippen molar-refractivity contribution >= 4 is 29.3 Å². The largest absolute Gasteiger partial charge is 0.341 e. The van der Waals surface area contributed by atoms with Crippen LogP contribution in [0.15, 0.2) is 35.7 Å². The fourth-order valence-electron chi connectivity index (χ4n) is 3.21. The van der Waals surface area contributed by atoms with Gasteiger partial charge in [-0.3, -0.25) is 9.36 Å². The van der Waals surface area contributed by atoms with E-state index in [1.807, 2.05) is 33.7 Å². The van der Waals surface area contributed by atoms with E-state index in [0.29, 0.717) is 27.8 Å². The van der Waals surface area contributed by atoms with Gasteiger partial charge in [-0.2, -0.15) is 0 Å². The fourth-order valence-corrected chi connectivity index (χ4v) is 4.23. The molecule has 3 rings (SSSR count). The van der Waals surface area contributed by atoms with Crippen LogP contribution < -0.4 is 0 Å². The Balaban J connectivity index is 1.65. The van der Waals surface area contributed by atoms with Crippen LogP contribution in [0.5, 0.6) is 0 Å². The molecule has 0 spiro atoms. The monoisotopic (exact) mass is 364 g/mol. The van der Waals surface area contributed by atoms with Gasteiger partial charge in [-0.15, -0.1) is 10.2 Å². The SMILES string of the molecule is C[C@H]1C[C@H](C)CN(C(=O)CSc2nncn2-c2cccc(Cl)c2)C1. The summed E-state index contributed by atoms with van der Waals surface area (Å²) >= 11 is 7.46. The lowest BCUT2D eigenvalue weighted by atomic mass is 9.92. The first-order valence-electron chi connectivity index (χ1n) is 8.09. The Hall–Kier alpha value is -1.53. The molecule has 1 aliphatic rings. The normalized spacial score (nSPS) is 21.0. The number of rotatable bonds is 4. The van der Waals surface area contributed by atoms with Crippen molar-refractivity contribution in [2.24, 2.45) is 11.8 Å². The summed E-state index contributed by atoms with van der Waals surface area (Å²) in [4.78, 5) is 14.5. The molecule has 0 N–H and O–H groups in total. The van der Waals surface area contributed by atoms with Crippen molar-refractivity contribution in [1.29, 1.82) is 0 Å². The van der Waals surface area contributed by atoms with Crippen LogP contribution >= 0.6 is 23.4 Å². The van der Waals surface area contributed by atoms with Gasteiger partial charge in [0, 0.05) is 18.1 Å². The highest BCUT2D eigenvalue weighted by molar-refractivity contribution is 7.99. The van der Waals surface area contributed by atoms with E-state index >= 15 is 0 Å². The van der Waals surface area contributed by atoms with Gasteiger partial charge in [0.15, 0.2) is 5.16 Å². The van der Waals surface area contributed by atoms with Gasteiger partial charge in [0.05, 0.1) is 11.4 Å². The molecule has 1 aromatic carbocycles. The minimum atomic E-state index is 0.166. The molecule has 0 saturated carbocycles. The molecular formula is C17H21ClN4OS. The summed E-state index contributed by atoms with van der Waals surface area (Å²) in [5.74, 6) is 1.67. The van der Waals surface area contributed by atoms with Crippen molar-refractivity contribution in [2.75, 3.05) is 18.8 Å². The number of carbonyl (C=O) groups is 1. The van der Waals surface area contributed by atoms with Gasteiger partial charge in [0.1, 0.15) is 6.33 Å². The van der Waals surface area contributed by atoms with Gasteiger partial charge < -0.3 is 4.90 Å². The first-order chi connectivity index (χ1) is 11.5. The molecule has 1 amide bonds. The number of hydrogen-bond donors (Lipinski definition) is 0. The smallest absolute Gasteiger partial charge is 0.233 e. The van der Waals surface area contributed by atoms with Crippen molar-refractivity contribution in [3.05, 3.63) is 35.6 Å². The predicted octanol–water partition coefficient (Wildman–Crippen LogP) is 3.52. The first-order valence-corrected chi connectivity index (χ1v) is 9.46. The van der Waals surface area contributed by atoms with Crippen molar-refractivity contribution in [3.8, 4) is 5.69 Å². The van der Waals surface area contributed by atoms with E-state index in [-0.39, 0.29) is 5.91 Å². The van der Waals surface area contributed by atoms with Gasteiger partial charge >= 0.3 is 0 Å². The standard InChI is InChI=1S/C17H21ClN4OS/c1-12-6-13(2)9-21(8-12)16(23)10-24-17-20-19-11-22(17)15-5-3-4-14(18)7-15/h3-5,7,11-13H,6,8-10H2,1-2H3/t12-,13-/m0/s1. The first kappa shape index (κ1) is 17.3. The summed E-state index contributed by atoms with van der Waals surface area (Å²) in [6, 6.07) is 7.50. The van der Waals surface area contributed by atoms with Crippen LogP contribution in [0.1, 0.15) is 20.3 Å². The quantitative estimate of drug-likeness (QED) is 0.779. The zero-order valence-corrected chi connectivity index (χ0v) is 15.4. The van der Waals surface area contributed by atoms with Gasteiger partial charge in [0.2, 0.25) is 5.91 Å². The molecular weight excluding hydrogens is 344 g/mol. The maximum absolute atomic E-state index is 12.5. The van der Waals surface area contributed by atoms with Crippen LogP contribution in [-0.4, -0.2) is 44.4 Å². The van der Waals surface area contributed by atoms with E-state index in [4.69, 9.17) is 11.6 Å². The minimum Gasteiger partial charge on any atom is -0.341 e. The molecule has 2 heterocycles. The van der Waals surface area contributed by atoms with E-state index in [1.54, 1.807) is 6.33 Å². The molecule has 2 aromatic rings. The molecule has 1 aromatic heterocycles. The average Bonchev–Trinajstić information content (AvgIpc) is 3.00. The third-order valence-electron chi connectivity index (χ3n) is 4.15. The van der Waals surface area contributed by atoms with E-state index in [1.165, 1.54) is 18.2 Å². The van der Waals surface area contributed by atoms with Crippen LogP contribution in [0.3, 0.4) is 0 Å². The number of piperidine rings is 1. The van der Waals surface area contributed by atoms with Crippen molar-refractivity contribution in [2.45, 2.75) is 25.4 Å². The Morgan fingerprint density at radius 3 is 2.79 bits per heavy atom. The van der Waals surface area contributed by atoms with Crippen LogP contribution in [0, 0.1) is 11.8 Å². The highest BCUT2D eigenvalue weighted by Gasteiger charge is 2.25. The second-order valence-corrected chi connectivity index (χ2v) is 7.88. The topological polar surface area (TPSA) is 51.0 Å². The van der Waals surface area contributed by atoms with E-state index in [9.17, 15) is 4.79 Å². The molecule has 7 heteroatoms. The number of amides is 1. The molecule has 1 saturated heterocycles. The van der Waals surface area contributed by atoms with E-state index in [2.05, 4.69) is 24.0 Å². The maximum atomic E-state index is 12.5. The van der Waals surface area contributed by atoms with E-state index < -0.39 is 0 Å². The Bertz CT molecular complexity index is 710. The number of thioether (sulfide) groups is 1. The predicted molar refractivity (Wildman–Crippen MR) is 96.6 cm³/mol. The number of nitrogens with zero attached hydrogens (tertiary/aromatic N) is 4. The lowest BCUT2D eigenvalue weighted by Gasteiger charge is -2.34. The number of carbonyl (C=O) groups excluding carboxylic acids is 1.